The molecular formula is C65H116N4O43P4. The van der Waals surface area contributed by atoms with Crippen molar-refractivity contribution in [2.75, 3.05) is 166 Å². The Morgan fingerprint density at radius 3 is 1.00 bits per heavy atom. The van der Waals surface area contributed by atoms with E-state index in [0.29, 0.717) is 0 Å². The van der Waals surface area contributed by atoms with E-state index in [4.69, 9.17) is 74.3 Å². The molecule has 0 radical (unpaired) electrons. The average molecular weight is 1770 g/mol. The zero-order valence-electron chi connectivity index (χ0n) is 64.8. The quantitative estimate of drug-likeness (QED) is 0.0199. The fourth-order valence-electron chi connectivity index (χ4n) is 13.8. The van der Waals surface area contributed by atoms with Gasteiger partial charge in [0.1, 0.15) is 92.9 Å². The first-order chi connectivity index (χ1) is 54.6. The monoisotopic (exact) mass is 1760 g/mol. The number of ketones is 2. The number of nitrogens with zero attached hydrogens (tertiary/aromatic N) is 1. The van der Waals surface area contributed by atoms with Crippen LogP contribution >= 0.6 is 31.3 Å². The molecule has 4 saturated heterocycles. The van der Waals surface area contributed by atoms with E-state index in [-0.39, 0.29) is 77.3 Å². The first-order valence-corrected chi connectivity index (χ1v) is 43.4. The van der Waals surface area contributed by atoms with Crippen LogP contribution in [0.4, 0.5) is 0 Å². The molecule has 47 nitrogen and oxygen atoms in total. The maximum Gasteiger partial charge on any atom is 0.472 e. The number of hydrogen-bond acceptors (Lipinski definition) is 39. The predicted molar refractivity (Wildman–Crippen MR) is 385 cm³/mol. The number of rotatable bonds is 51. The maximum atomic E-state index is 13.4. The Bertz CT molecular complexity index is 2970. The summed E-state index contributed by atoms with van der Waals surface area (Å²) in [6.45, 7) is -10.5. The van der Waals surface area contributed by atoms with Gasteiger partial charge in [-0.3, -0.25) is 65.0 Å². The van der Waals surface area contributed by atoms with Gasteiger partial charge in [-0.1, -0.05) is 0 Å². The second-order valence-corrected chi connectivity index (χ2v) is 35.8. The van der Waals surface area contributed by atoms with Crippen LogP contribution in [-0.4, -0.2) is 378 Å². The van der Waals surface area contributed by atoms with Gasteiger partial charge in [-0.05, 0) is 64.2 Å². The molecule has 674 valence electrons. The smallest absolute Gasteiger partial charge is 0.396 e. The Balaban J connectivity index is 1.03. The van der Waals surface area contributed by atoms with Gasteiger partial charge in [0.25, 0.3) is 0 Å². The topological polar surface area (TPSA) is 691 Å². The van der Waals surface area contributed by atoms with Gasteiger partial charge in [-0.15, -0.1) is 0 Å². The van der Waals surface area contributed by atoms with Crippen LogP contribution in [0.5, 0.6) is 0 Å². The molecule has 4 heterocycles. The predicted octanol–water partition coefficient (Wildman–Crippen LogP) is -5.86. The highest BCUT2D eigenvalue weighted by Crippen LogP contribution is 2.51. The number of likely N-dealkylation sites (tertiary alicyclic amines) is 1. The van der Waals surface area contributed by atoms with Gasteiger partial charge in [0, 0.05) is 69.1 Å². The van der Waals surface area contributed by atoms with E-state index < -0.39 is 337 Å². The van der Waals surface area contributed by atoms with Gasteiger partial charge in [0.05, 0.1) is 131 Å². The summed E-state index contributed by atoms with van der Waals surface area (Å²) >= 11 is 0. The molecule has 2 saturated carbocycles. The third-order valence-corrected chi connectivity index (χ3v) is 24.9. The fourth-order valence-corrected chi connectivity index (χ4v) is 16.8. The summed E-state index contributed by atoms with van der Waals surface area (Å²) < 4.78 is 145. The fraction of sp³-hybridized carbons (Fsp3) is 0.908. The standard InChI is InChI=1S/C65H116N4O43P4/c1-39(76)66-50-56(85)53(82)46(23-70)110-59(50)100-26-44(79)42-5-9-62(29-73,10-6-42)35-107-114(90,91)103-20-17-97-32-65(38-106-113(88,89)96-4,33-98-18-21-104-115(92,93)108-36-63(30-74)11-7-43(8-12-63)45(80)27-101-60-51(67-40(2)77)57(86)54(83)47(24-71)111-60)34-99-19-22-105-116(94,95)109-37-64(31-75)13-15-69(16-14-64)49(81)28-102-61-52(68-41(3)78)58(87)55(84)48(25-72)112-61/h42-43,46-48,50-61,70-75,82-87H,5-38H2,1-4H3,(H,66,76)(H,67,77)(H,68,78)(H,88,89)(H,90,91)(H,92,93)(H,94,95). The van der Waals surface area contributed by atoms with Gasteiger partial charge < -0.3 is 144 Å². The SMILES string of the molecule is COP(=O)(O)OCC(COCCOP(=O)(O)OCC1(CO)CCC(C(=O)COC2OC(CO)C(O)C(O)C2NC(C)=O)CC1)(COCCOP(=O)(O)OCC1(CO)CCC(C(=O)COC2OC(CO)C(O)C(O)C2NC(C)=O)CC1)COCCOP(=O)(O)OCC1(CO)CCN(C(=O)COC2OC(CO)C(O)C(O)C2NC(C)=O)CC1. The third-order valence-electron chi connectivity index (χ3n) is 21.1. The number of aliphatic hydroxyl groups is 12. The molecular weight excluding hydrogens is 1650 g/mol. The van der Waals surface area contributed by atoms with E-state index in [9.17, 15) is 128 Å². The molecule has 4 amide bonds. The van der Waals surface area contributed by atoms with Crippen LogP contribution in [-0.2, 0) is 126 Å². The van der Waals surface area contributed by atoms with E-state index in [1.54, 1.807) is 0 Å². The van der Waals surface area contributed by atoms with Gasteiger partial charge in [0.2, 0.25) is 23.6 Å². The molecule has 0 bridgehead atoms. The summed E-state index contributed by atoms with van der Waals surface area (Å²) in [5.74, 6) is -4.64. The van der Waals surface area contributed by atoms with E-state index in [1.807, 2.05) is 0 Å². The average Bonchev–Trinajstić information content (AvgIpc) is 0.815. The third kappa shape index (κ3) is 30.9. The van der Waals surface area contributed by atoms with Crippen LogP contribution in [0.1, 0.15) is 85.0 Å². The van der Waals surface area contributed by atoms with Gasteiger partial charge in [0.15, 0.2) is 30.4 Å². The molecule has 19 unspecified atom stereocenters. The number of ether oxygens (including phenoxy) is 9. The molecule has 0 spiro atoms. The molecule has 6 rings (SSSR count). The van der Waals surface area contributed by atoms with Crippen LogP contribution in [0.25, 0.3) is 0 Å². The van der Waals surface area contributed by atoms with Crippen LogP contribution in [0.15, 0.2) is 0 Å². The number of nitrogens with one attached hydrogen (secondary N) is 3. The highest BCUT2D eigenvalue weighted by molar-refractivity contribution is 7.48. The van der Waals surface area contributed by atoms with Crippen molar-refractivity contribution in [3.63, 3.8) is 0 Å². The number of phosphoric acid groups is 4. The van der Waals surface area contributed by atoms with E-state index in [2.05, 4.69) is 20.5 Å². The number of carbonyl (C=O) groups is 6. The Kier molecular flexibility index (Phi) is 41.2. The van der Waals surface area contributed by atoms with Crippen molar-refractivity contribution >= 4 is 66.5 Å². The first-order valence-electron chi connectivity index (χ1n) is 37.4. The number of amides is 4. The van der Waals surface area contributed by atoms with E-state index >= 15 is 0 Å². The number of piperidine rings is 1. The van der Waals surface area contributed by atoms with Gasteiger partial charge in [-0.25, -0.2) is 18.3 Å². The minimum Gasteiger partial charge on any atom is -0.396 e. The summed E-state index contributed by atoms with van der Waals surface area (Å²) in [6, 6.07) is -3.94. The van der Waals surface area contributed by atoms with Crippen molar-refractivity contribution in [1.82, 2.24) is 20.9 Å². The van der Waals surface area contributed by atoms with Crippen molar-refractivity contribution in [3.05, 3.63) is 0 Å². The Morgan fingerprint density at radius 2 is 0.716 bits per heavy atom. The van der Waals surface area contributed by atoms with Crippen molar-refractivity contribution in [2.45, 2.75) is 177 Å². The van der Waals surface area contributed by atoms with Crippen LogP contribution in [0.2, 0.25) is 0 Å². The van der Waals surface area contributed by atoms with Crippen molar-refractivity contribution in [2.24, 2.45) is 33.5 Å². The lowest BCUT2D eigenvalue weighted by atomic mass is 9.70. The van der Waals surface area contributed by atoms with E-state index in [1.165, 1.54) is 4.90 Å². The highest BCUT2D eigenvalue weighted by atomic mass is 31.2. The van der Waals surface area contributed by atoms with Crippen LogP contribution in [0, 0.1) is 33.5 Å². The van der Waals surface area contributed by atoms with Crippen molar-refractivity contribution < 1.29 is 207 Å². The van der Waals surface area contributed by atoms with E-state index in [0.717, 1.165) is 27.9 Å². The lowest BCUT2D eigenvalue weighted by molar-refractivity contribution is -0.269. The number of carbonyl (C=O) groups excluding carboxylic acids is 6. The molecule has 51 heteroatoms. The zero-order chi connectivity index (χ0) is 86.0. The minimum atomic E-state index is -5.00. The van der Waals surface area contributed by atoms with Crippen LogP contribution in [0.3, 0.4) is 0 Å². The largest absolute Gasteiger partial charge is 0.472 e. The van der Waals surface area contributed by atoms with Crippen LogP contribution < -0.4 is 16.0 Å². The molecule has 0 aromatic heterocycles. The first kappa shape index (κ1) is 102. The number of phosphoric ester groups is 4. The van der Waals surface area contributed by atoms with Crippen molar-refractivity contribution in [1.29, 1.82) is 0 Å². The number of aliphatic hydroxyl groups excluding tert-OH is 12. The summed E-state index contributed by atoms with van der Waals surface area (Å²) in [5, 5.41) is 130. The van der Waals surface area contributed by atoms with Crippen molar-refractivity contribution in [3.8, 4) is 0 Å². The number of Topliss-reactive ketones (excluding diaryl/α,β-unsaturated/α-hetero) is 2. The molecule has 19 N–H and O–H groups in total. The molecule has 0 aromatic carbocycles. The Hall–Kier alpha value is -3.18. The molecule has 4 aliphatic heterocycles. The summed E-state index contributed by atoms with van der Waals surface area (Å²) in [4.78, 5) is 120. The lowest BCUT2D eigenvalue weighted by Gasteiger charge is -2.43. The maximum absolute atomic E-state index is 13.4. The highest BCUT2D eigenvalue weighted by Gasteiger charge is 2.51. The summed E-state index contributed by atoms with van der Waals surface area (Å²) in [7, 11) is -19.0. The minimum absolute atomic E-state index is 0.0241. The summed E-state index contributed by atoms with van der Waals surface area (Å²) in [5.41, 5.74) is -5.27. The molecule has 116 heavy (non-hydrogen) atoms. The number of hydrogen-bond donors (Lipinski definition) is 19. The summed E-state index contributed by atoms with van der Waals surface area (Å²) in [6.07, 6.45) is -17.0. The Labute approximate surface area is 667 Å². The lowest BCUT2D eigenvalue weighted by Crippen LogP contribution is -2.64. The second-order valence-electron chi connectivity index (χ2n) is 29.9. The normalized spacial score (nSPS) is 33.1. The second kappa shape index (κ2) is 47.1. The van der Waals surface area contributed by atoms with Gasteiger partial charge >= 0.3 is 31.3 Å². The van der Waals surface area contributed by atoms with Gasteiger partial charge in [-0.2, -0.15) is 0 Å². The molecule has 19 atom stereocenters. The molecule has 6 aliphatic rings. The zero-order valence-corrected chi connectivity index (χ0v) is 68.3. The molecule has 2 aliphatic carbocycles. The Morgan fingerprint density at radius 1 is 0.414 bits per heavy atom. The molecule has 6 fully saturated rings. The molecule has 0 aromatic rings.